The first kappa shape index (κ1) is 23.9. The van der Waals surface area contributed by atoms with Crippen LogP contribution in [0, 0.1) is 0 Å². The average Bonchev–Trinajstić information content (AvgIpc) is 3.25. The Bertz CT molecular complexity index is 1390. The fraction of sp³-hybridized carbons (Fsp3) is 0.133. The number of aliphatic carboxylic acids is 1. The molecule has 2 N–H and O–H groups in total. The zero-order valence-electron chi connectivity index (χ0n) is 20.0. The molecule has 0 unspecified atom stereocenters. The Balaban J connectivity index is 1.19. The minimum atomic E-state index is -1.14. The molecule has 0 heterocycles. The van der Waals surface area contributed by atoms with Gasteiger partial charge >= 0.3 is 12.1 Å². The highest BCUT2D eigenvalue weighted by Gasteiger charge is 2.29. The van der Waals surface area contributed by atoms with E-state index in [1.54, 1.807) is 24.3 Å². The number of hydrogen-bond acceptors (Lipinski definition) is 5. The van der Waals surface area contributed by atoms with Crippen molar-refractivity contribution in [2.45, 2.75) is 18.4 Å². The summed E-state index contributed by atoms with van der Waals surface area (Å²) in [6, 6.07) is 31.4. The van der Waals surface area contributed by atoms with Gasteiger partial charge in [-0.05, 0) is 52.1 Å². The smallest absolute Gasteiger partial charge is 0.407 e. The van der Waals surface area contributed by atoms with Crippen molar-refractivity contribution >= 4 is 23.4 Å². The van der Waals surface area contributed by atoms with E-state index in [1.807, 2.05) is 66.7 Å². The minimum absolute atomic E-state index is 0.0981. The molecular weight excluding hydrogens is 466 g/mol. The molecule has 1 amide bonds. The van der Waals surface area contributed by atoms with Gasteiger partial charge in [0, 0.05) is 12.3 Å². The zero-order chi connectivity index (χ0) is 25.6. The van der Waals surface area contributed by atoms with E-state index in [0.29, 0.717) is 5.69 Å². The van der Waals surface area contributed by atoms with E-state index < -0.39 is 18.1 Å². The number of alkyl carbamates (subject to hydrolysis) is 1. The van der Waals surface area contributed by atoms with E-state index >= 15 is 0 Å². The van der Waals surface area contributed by atoms with Gasteiger partial charge in [-0.25, -0.2) is 9.59 Å². The summed E-state index contributed by atoms with van der Waals surface area (Å²) in [4.78, 5) is 24.4. The molecule has 184 valence electrons. The molecule has 4 aromatic rings. The fourth-order valence-corrected chi connectivity index (χ4v) is 4.53. The molecule has 0 saturated heterocycles. The summed E-state index contributed by atoms with van der Waals surface area (Å²) < 4.78 is 5.51. The second-order valence-electron chi connectivity index (χ2n) is 8.77. The highest BCUT2D eigenvalue weighted by Crippen LogP contribution is 2.44. The molecule has 0 radical (unpaired) electrons. The third-order valence-electron chi connectivity index (χ3n) is 6.35. The van der Waals surface area contributed by atoms with Gasteiger partial charge in [-0.1, -0.05) is 78.9 Å². The number of azo groups is 1. The van der Waals surface area contributed by atoms with E-state index in [1.165, 1.54) is 0 Å². The molecule has 37 heavy (non-hydrogen) atoms. The standard InChI is InChI=1S/C30H25N3O4/c34-29(35)28(18-20-14-16-22(17-15-20)33-32-21-8-2-1-3-9-21)31-30(36)37-19-27-25-12-6-4-10-23(25)24-11-5-7-13-26(24)27/h1-17,27-28H,18-19H2,(H,31,36)(H,34,35)/t28-/m0/s1. The number of amides is 1. The van der Waals surface area contributed by atoms with Gasteiger partial charge in [0.05, 0.1) is 11.4 Å². The highest BCUT2D eigenvalue weighted by molar-refractivity contribution is 5.81. The lowest BCUT2D eigenvalue weighted by Gasteiger charge is -2.17. The van der Waals surface area contributed by atoms with E-state index in [2.05, 4.69) is 27.7 Å². The number of carbonyl (C=O) groups is 2. The first-order valence-corrected chi connectivity index (χ1v) is 12.0. The number of fused-ring (bicyclic) bond motifs is 3. The lowest BCUT2D eigenvalue weighted by molar-refractivity contribution is -0.139. The molecule has 1 aliphatic rings. The van der Waals surface area contributed by atoms with Gasteiger partial charge < -0.3 is 15.2 Å². The molecule has 0 bridgehead atoms. The van der Waals surface area contributed by atoms with Crippen LogP contribution in [0.4, 0.5) is 16.2 Å². The molecule has 0 fully saturated rings. The number of carboxylic acid groups (broad SMARTS) is 1. The van der Waals surface area contributed by atoms with Crippen molar-refractivity contribution in [1.29, 1.82) is 0 Å². The Kier molecular flexibility index (Phi) is 7.03. The molecule has 5 rings (SSSR count). The maximum atomic E-state index is 12.6. The average molecular weight is 492 g/mol. The molecule has 7 heteroatoms. The number of benzene rings is 4. The highest BCUT2D eigenvalue weighted by atomic mass is 16.5. The summed E-state index contributed by atoms with van der Waals surface area (Å²) in [5, 5.41) is 20.5. The largest absolute Gasteiger partial charge is 0.480 e. The predicted molar refractivity (Wildman–Crippen MR) is 140 cm³/mol. The third-order valence-corrected chi connectivity index (χ3v) is 6.35. The van der Waals surface area contributed by atoms with E-state index in [4.69, 9.17) is 4.74 Å². The summed E-state index contributed by atoms with van der Waals surface area (Å²) >= 11 is 0. The molecule has 7 nitrogen and oxygen atoms in total. The van der Waals surface area contributed by atoms with Gasteiger partial charge in [-0.2, -0.15) is 10.2 Å². The van der Waals surface area contributed by atoms with Gasteiger partial charge in [0.25, 0.3) is 0 Å². The molecule has 1 atom stereocenters. The lowest BCUT2D eigenvalue weighted by Crippen LogP contribution is -2.42. The Hall–Kier alpha value is -4.78. The summed E-state index contributed by atoms with van der Waals surface area (Å²) in [6.45, 7) is 0.118. The molecule has 4 aromatic carbocycles. The van der Waals surface area contributed by atoms with Crippen LogP contribution in [0.15, 0.2) is 113 Å². The number of nitrogens with one attached hydrogen (secondary N) is 1. The quantitative estimate of drug-likeness (QED) is 0.270. The monoisotopic (exact) mass is 491 g/mol. The Morgan fingerprint density at radius 3 is 1.89 bits per heavy atom. The minimum Gasteiger partial charge on any atom is -0.480 e. The van der Waals surface area contributed by atoms with Gasteiger partial charge in [0.1, 0.15) is 12.6 Å². The Morgan fingerprint density at radius 1 is 0.757 bits per heavy atom. The second-order valence-corrected chi connectivity index (χ2v) is 8.77. The van der Waals surface area contributed by atoms with Crippen LogP contribution in [0.2, 0.25) is 0 Å². The van der Waals surface area contributed by atoms with Crippen LogP contribution in [0.3, 0.4) is 0 Å². The topological polar surface area (TPSA) is 100 Å². The van der Waals surface area contributed by atoms with E-state index in [9.17, 15) is 14.7 Å². The molecule has 0 aromatic heterocycles. The van der Waals surface area contributed by atoms with Gasteiger partial charge in [0.15, 0.2) is 0 Å². The maximum Gasteiger partial charge on any atom is 0.407 e. The summed E-state index contributed by atoms with van der Waals surface area (Å²) in [6.07, 6.45) is -0.655. The molecular formula is C30H25N3O4. The zero-order valence-corrected chi connectivity index (χ0v) is 20.0. The predicted octanol–water partition coefficient (Wildman–Crippen LogP) is 6.64. The third kappa shape index (κ3) is 5.56. The number of carboxylic acids is 1. The van der Waals surface area contributed by atoms with Crippen molar-refractivity contribution in [3.63, 3.8) is 0 Å². The second kappa shape index (κ2) is 10.9. The number of carbonyl (C=O) groups excluding carboxylic acids is 1. The van der Waals surface area contributed by atoms with E-state index in [-0.39, 0.29) is 18.9 Å². The van der Waals surface area contributed by atoms with Gasteiger partial charge in [0.2, 0.25) is 0 Å². The van der Waals surface area contributed by atoms with Crippen molar-refractivity contribution in [3.8, 4) is 11.1 Å². The molecule has 1 aliphatic carbocycles. The van der Waals surface area contributed by atoms with Crippen molar-refractivity contribution in [2.24, 2.45) is 10.2 Å². The van der Waals surface area contributed by atoms with Crippen molar-refractivity contribution in [3.05, 3.63) is 120 Å². The molecule has 0 spiro atoms. The molecule has 0 aliphatic heterocycles. The summed E-state index contributed by atoms with van der Waals surface area (Å²) in [5.74, 6) is -1.24. The van der Waals surface area contributed by atoms with Crippen LogP contribution in [-0.4, -0.2) is 29.8 Å². The lowest BCUT2D eigenvalue weighted by atomic mass is 9.98. The van der Waals surface area contributed by atoms with Crippen molar-refractivity contribution in [1.82, 2.24) is 5.32 Å². The molecule has 0 saturated carbocycles. The maximum absolute atomic E-state index is 12.6. The number of rotatable bonds is 8. The Morgan fingerprint density at radius 2 is 1.30 bits per heavy atom. The normalized spacial score (nSPS) is 13.1. The number of ether oxygens (including phenoxy) is 1. The first-order valence-electron chi connectivity index (χ1n) is 12.0. The van der Waals surface area contributed by atoms with Crippen molar-refractivity contribution in [2.75, 3.05) is 6.61 Å². The van der Waals surface area contributed by atoms with E-state index in [0.717, 1.165) is 33.5 Å². The number of hydrogen-bond donors (Lipinski definition) is 2. The van der Waals surface area contributed by atoms with Crippen LogP contribution in [0.25, 0.3) is 11.1 Å². The SMILES string of the molecule is O=C(N[C@@H](Cc1ccc(N=Nc2ccccc2)cc1)C(=O)O)OCC1c2ccccc2-c2ccccc21. The van der Waals surface area contributed by atoms with Crippen LogP contribution >= 0.6 is 0 Å². The van der Waals surface area contributed by atoms with Crippen LogP contribution in [-0.2, 0) is 16.0 Å². The van der Waals surface area contributed by atoms with Gasteiger partial charge in [-0.3, -0.25) is 0 Å². The van der Waals surface area contributed by atoms with Gasteiger partial charge in [-0.15, -0.1) is 0 Å². The van der Waals surface area contributed by atoms with Crippen LogP contribution in [0.5, 0.6) is 0 Å². The summed E-state index contributed by atoms with van der Waals surface area (Å²) in [5.41, 5.74) is 6.56. The fourth-order valence-electron chi connectivity index (χ4n) is 4.53. The Labute approximate surface area is 214 Å². The number of nitrogens with zero attached hydrogens (tertiary/aromatic N) is 2. The van der Waals surface area contributed by atoms with Crippen LogP contribution < -0.4 is 5.32 Å². The van der Waals surface area contributed by atoms with Crippen molar-refractivity contribution < 1.29 is 19.4 Å². The first-order chi connectivity index (χ1) is 18.1. The summed E-state index contributed by atoms with van der Waals surface area (Å²) in [7, 11) is 0. The van der Waals surface area contributed by atoms with Crippen LogP contribution in [0.1, 0.15) is 22.6 Å².